The molecule has 1 saturated heterocycles. The number of aromatic amines is 2. The molecule has 4 heterocycles. The van der Waals surface area contributed by atoms with E-state index in [1.54, 1.807) is 13.2 Å². The van der Waals surface area contributed by atoms with Crippen LogP contribution in [0.2, 0.25) is 0 Å². The lowest BCUT2D eigenvalue weighted by Crippen LogP contribution is -2.40. The summed E-state index contributed by atoms with van der Waals surface area (Å²) in [5, 5.41) is 6.13. The number of H-pyrrole nitrogens is 2. The number of aromatic nitrogens is 5. The van der Waals surface area contributed by atoms with E-state index in [0.29, 0.717) is 31.1 Å². The van der Waals surface area contributed by atoms with Crippen LogP contribution in [0, 0.1) is 0 Å². The number of imidazole rings is 2. The molecular weight excluding hydrogens is 642 g/mol. The lowest BCUT2D eigenvalue weighted by atomic mass is 10.1. The normalized spacial score (nSPS) is 15.0. The Bertz CT molecular complexity index is 2100. The Morgan fingerprint density at radius 1 is 0.961 bits per heavy atom. The standard InChI is InChI=1S/C39H43N9O3/c1-4-18-47(39(50)36(41-3)26-9-6-5-7-10-26)24-34-42-21-30(44-34)25-12-14-27(15-13-25)38-46-29-20-28(16-17-33(29)51-38)31-22-43-37(45-31)32-11-8-19-48(32)35(49)23-40-2/h5-7,9-10,12-17,20-22,32,36,40-41H,4,8,11,18-19,23-24H2,1-3H3,(H,42,44)(H,43,45)/t32-,36+/m0/s1. The van der Waals surface area contributed by atoms with Crippen molar-refractivity contribution in [2.75, 3.05) is 33.7 Å². The fraction of sp³-hybridized carbons (Fsp3) is 0.308. The lowest BCUT2D eigenvalue weighted by Gasteiger charge is -2.26. The summed E-state index contributed by atoms with van der Waals surface area (Å²) in [6, 6.07) is 23.2. The van der Waals surface area contributed by atoms with E-state index in [4.69, 9.17) is 9.40 Å². The van der Waals surface area contributed by atoms with Crippen molar-refractivity contribution in [3.8, 4) is 34.0 Å². The minimum absolute atomic E-state index is 0.0153. The lowest BCUT2D eigenvalue weighted by molar-refractivity contribution is -0.134. The molecule has 0 radical (unpaired) electrons. The molecule has 2 amide bonds. The van der Waals surface area contributed by atoms with E-state index in [-0.39, 0.29) is 17.9 Å². The van der Waals surface area contributed by atoms with Crippen LogP contribution in [0.5, 0.6) is 0 Å². The second-order valence-corrected chi connectivity index (χ2v) is 12.9. The topological polar surface area (TPSA) is 148 Å². The molecule has 1 aliphatic heterocycles. The fourth-order valence-corrected chi connectivity index (χ4v) is 6.83. The number of carbonyl (C=O) groups is 2. The summed E-state index contributed by atoms with van der Waals surface area (Å²) in [5.74, 6) is 2.15. The maximum atomic E-state index is 13.6. The molecule has 0 spiro atoms. The number of carbonyl (C=O) groups excluding carboxylic acids is 2. The highest BCUT2D eigenvalue weighted by atomic mass is 16.3. The second kappa shape index (κ2) is 15.1. The zero-order valence-electron chi connectivity index (χ0n) is 29.1. The molecule has 262 valence electrons. The van der Waals surface area contributed by atoms with Crippen molar-refractivity contribution in [1.29, 1.82) is 0 Å². The van der Waals surface area contributed by atoms with Crippen LogP contribution in [0.3, 0.4) is 0 Å². The number of fused-ring (bicyclic) bond motifs is 1. The van der Waals surface area contributed by atoms with Crippen LogP contribution in [0.25, 0.3) is 45.1 Å². The van der Waals surface area contributed by atoms with Crippen molar-refractivity contribution >= 4 is 22.9 Å². The van der Waals surface area contributed by atoms with Crippen LogP contribution < -0.4 is 10.6 Å². The van der Waals surface area contributed by atoms with Crippen molar-refractivity contribution in [2.24, 2.45) is 0 Å². The van der Waals surface area contributed by atoms with E-state index < -0.39 is 6.04 Å². The Labute approximate surface area is 296 Å². The molecule has 0 bridgehead atoms. The molecule has 0 unspecified atom stereocenters. The minimum Gasteiger partial charge on any atom is -0.436 e. The van der Waals surface area contributed by atoms with E-state index in [1.807, 2.05) is 95.8 Å². The van der Waals surface area contributed by atoms with Crippen LogP contribution in [0.4, 0.5) is 0 Å². The third-order valence-electron chi connectivity index (χ3n) is 9.40. The number of nitrogens with zero attached hydrogens (tertiary/aromatic N) is 5. The minimum atomic E-state index is -0.425. The van der Waals surface area contributed by atoms with Gasteiger partial charge in [-0.1, -0.05) is 49.4 Å². The molecule has 6 aromatic rings. The van der Waals surface area contributed by atoms with Gasteiger partial charge in [-0.2, -0.15) is 0 Å². The highest BCUT2D eigenvalue weighted by molar-refractivity contribution is 5.84. The van der Waals surface area contributed by atoms with Gasteiger partial charge in [-0.3, -0.25) is 9.59 Å². The van der Waals surface area contributed by atoms with Crippen LogP contribution in [0.15, 0.2) is 89.6 Å². The van der Waals surface area contributed by atoms with Gasteiger partial charge in [0.05, 0.1) is 42.9 Å². The molecule has 0 aliphatic carbocycles. The molecule has 12 heteroatoms. The summed E-state index contributed by atoms with van der Waals surface area (Å²) in [5.41, 5.74) is 6.86. The quantitative estimate of drug-likeness (QED) is 0.118. The van der Waals surface area contributed by atoms with E-state index in [0.717, 1.165) is 76.6 Å². The van der Waals surface area contributed by atoms with Crippen LogP contribution in [0.1, 0.15) is 55.5 Å². The molecule has 4 N–H and O–H groups in total. The smallest absolute Gasteiger partial charge is 0.244 e. The number of likely N-dealkylation sites (N-methyl/N-ethyl adjacent to an activating group) is 2. The molecule has 2 atom stereocenters. The van der Waals surface area contributed by atoms with Gasteiger partial charge in [-0.15, -0.1) is 0 Å². The van der Waals surface area contributed by atoms with Gasteiger partial charge in [0.25, 0.3) is 0 Å². The number of hydrogen-bond acceptors (Lipinski definition) is 8. The van der Waals surface area contributed by atoms with Crippen molar-refractivity contribution in [3.63, 3.8) is 0 Å². The van der Waals surface area contributed by atoms with Crippen molar-refractivity contribution in [3.05, 3.63) is 102 Å². The van der Waals surface area contributed by atoms with Gasteiger partial charge >= 0.3 is 0 Å². The first kappa shape index (κ1) is 33.9. The summed E-state index contributed by atoms with van der Waals surface area (Å²) in [6.45, 7) is 4.14. The summed E-state index contributed by atoms with van der Waals surface area (Å²) in [7, 11) is 3.59. The monoisotopic (exact) mass is 685 g/mol. The summed E-state index contributed by atoms with van der Waals surface area (Å²) >= 11 is 0. The molecule has 7 rings (SSSR count). The number of oxazole rings is 1. The third kappa shape index (κ3) is 7.19. The zero-order chi connectivity index (χ0) is 35.3. The Hall–Kier alpha value is -5.59. The van der Waals surface area contributed by atoms with Crippen LogP contribution >= 0.6 is 0 Å². The maximum absolute atomic E-state index is 13.6. The largest absolute Gasteiger partial charge is 0.436 e. The molecule has 3 aromatic carbocycles. The van der Waals surface area contributed by atoms with Gasteiger partial charge in [-0.25, -0.2) is 15.0 Å². The molecule has 1 fully saturated rings. The van der Waals surface area contributed by atoms with E-state index >= 15 is 0 Å². The van der Waals surface area contributed by atoms with Gasteiger partial charge < -0.3 is 34.8 Å². The van der Waals surface area contributed by atoms with Crippen LogP contribution in [-0.2, 0) is 16.1 Å². The third-order valence-corrected chi connectivity index (χ3v) is 9.40. The number of rotatable bonds is 13. The van der Waals surface area contributed by atoms with Gasteiger partial charge in [0, 0.05) is 24.2 Å². The van der Waals surface area contributed by atoms with Gasteiger partial charge in [-0.05, 0) is 74.8 Å². The number of benzene rings is 3. The SMILES string of the molecule is CCCN(Cc1ncc(-c2ccc(-c3nc4cc(-c5cnc([C@@H]6CCCN6C(=O)CNC)[nH]5)ccc4o3)cc2)[nH]1)C(=O)[C@H](NC)c1ccccc1. The average molecular weight is 686 g/mol. The Morgan fingerprint density at radius 3 is 2.47 bits per heavy atom. The van der Waals surface area contributed by atoms with Crippen LogP contribution in [-0.4, -0.2) is 80.3 Å². The average Bonchev–Trinajstić information content (AvgIpc) is 3.99. The highest BCUT2D eigenvalue weighted by Gasteiger charge is 2.31. The van der Waals surface area contributed by atoms with Gasteiger partial charge in [0.1, 0.15) is 23.2 Å². The van der Waals surface area contributed by atoms with Crippen molar-refractivity contribution < 1.29 is 14.0 Å². The molecule has 3 aromatic heterocycles. The first-order valence-electron chi connectivity index (χ1n) is 17.5. The highest BCUT2D eigenvalue weighted by Crippen LogP contribution is 2.33. The predicted molar refractivity (Wildman–Crippen MR) is 196 cm³/mol. The van der Waals surface area contributed by atoms with Gasteiger partial charge in [0.15, 0.2) is 5.58 Å². The zero-order valence-corrected chi connectivity index (χ0v) is 29.1. The summed E-state index contributed by atoms with van der Waals surface area (Å²) in [6.07, 6.45) is 6.31. The first-order valence-corrected chi connectivity index (χ1v) is 17.5. The van der Waals surface area contributed by atoms with E-state index in [9.17, 15) is 9.59 Å². The number of hydrogen-bond donors (Lipinski definition) is 4. The molecule has 12 nitrogen and oxygen atoms in total. The fourth-order valence-electron chi connectivity index (χ4n) is 6.83. The maximum Gasteiger partial charge on any atom is 0.244 e. The Kier molecular flexibility index (Phi) is 10.0. The summed E-state index contributed by atoms with van der Waals surface area (Å²) in [4.78, 5) is 50.8. The summed E-state index contributed by atoms with van der Waals surface area (Å²) < 4.78 is 6.14. The Balaban J connectivity index is 1.04. The van der Waals surface area contributed by atoms with E-state index in [1.165, 1.54) is 0 Å². The number of nitrogens with one attached hydrogen (secondary N) is 4. The molecule has 51 heavy (non-hydrogen) atoms. The molecular formula is C39H43N9O3. The number of amides is 2. The molecule has 1 aliphatic rings. The number of likely N-dealkylation sites (tertiary alicyclic amines) is 1. The Morgan fingerprint density at radius 2 is 1.71 bits per heavy atom. The van der Waals surface area contributed by atoms with E-state index in [2.05, 4.69) is 37.5 Å². The van der Waals surface area contributed by atoms with Crippen molar-refractivity contribution in [1.82, 2.24) is 45.4 Å². The second-order valence-electron chi connectivity index (χ2n) is 12.9. The van der Waals surface area contributed by atoms with Crippen molar-refractivity contribution in [2.45, 2.75) is 44.8 Å². The van der Waals surface area contributed by atoms with Gasteiger partial charge in [0.2, 0.25) is 17.7 Å². The predicted octanol–water partition coefficient (Wildman–Crippen LogP) is 5.86. The molecule has 0 saturated carbocycles. The first-order chi connectivity index (χ1) is 24.9.